The van der Waals surface area contributed by atoms with Crippen molar-refractivity contribution in [1.82, 2.24) is 5.32 Å². The molecular formula is C29H31N3O4. The van der Waals surface area contributed by atoms with Crippen LogP contribution in [0.1, 0.15) is 24.5 Å². The second-order valence-electron chi connectivity index (χ2n) is 8.77. The van der Waals surface area contributed by atoms with Gasteiger partial charge in [-0.15, -0.1) is 0 Å². The average molecular weight is 486 g/mol. The molecule has 186 valence electrons. The number of hydrogen-bond donors (Lipinski definition) is 2. The Kier molecular flexibility index (Phi) is 8.34. The van der Waals surface area contributed by atoms with Gasteiger partial charge in [-0.1, -0.05) is 55.5 Å². The van der Waals surface area contributed by atoms with E-state index in [-0.39, 0.29) is 36.7 Å². The minimum absolute atomic E-state index is 0.0826. The molecule has 7 heteroatoms. The molecule has 4 rings (SSSR count). The SMILES string of the molecule is CCc1ccccc1NC(=O)COc1ccc(N2CC(C(=O)NCCc3ccccc3)CC2=O)cc1. The van der Waals surface area contributed by atoms with E-state index in [0.717, 1.165) is 29.7 Å². The third-order valence-corrected chi connectivity index (χ3v) is 6.24. The minimum atomic E-state index is -0.376. The largest absolute Gasteiger partial charge is 0.484 e. The van der Waals surface area contributed by atoms with Crippen LogP contribution in [0, 0.1) is 5.92 Å². The van der Waals surface area contributed by atoms with Crippen LogP contribution in [0.5, 0.6) is 5.75 Å². The molecule has 0 saturated carbocycles. The van der Waals surface area contributed by atoms with Crippen molar-refractivity contribution in [3.63, 3.8) is 0 Å². The van der Waals surface area contributed by atoms with Crippen LogP contribution in [0.15, 0.2) is 78.9 Å². The van der Waals surface area contributed by atoms with E-state index >= 15 is 0 Å². The Morgan fingerprint density at radius 2 is 1.69 bits per heavy atom. The molecule has 1 heterocycles. The number of para-hydroxylation sites is 1. The van der Waals surface area contributed by atoms with E-state index in [1.165, 1.54) is 0 Å². The quantitative estimate of drug-likeness (QED) is 0.455. The molecule has 0 aromatic heterocycles. The molecular weight excluding hydrogens is 454 g/mol. The van der Waals surface area contributed by atoms with Gasteiger partial charge >= 0.3 is 0 Å². The van der Waals surface area contributed by atoms with Crippen molar-refractivity contribution in [1.29, 1.82) is 0 Å². The lowest BCUT2D eigenvalue weighted by Crippen LogP contribution is -2.34. The fraction of sp³-hybridized carbons (Fsp3) is 0.276. The predicted octanol–water partition coefficient (Wildman–Crippen LogP) is 3.98. The minimum Gasteiger partial charge on any atom is -0.484 e. The van der Waals surface area contributed by atoms with Gasteiger partial charge in [0.2, 0.25) is 11.8 Å². The van der Waals surface area contributed by atoms with Gasteiger partial charge in [-0.05, 0) is 54.3 Å². The van der Waals surface area contributed by atoms with Crippen LogP contribution < -0.4 is 20.3 Å². The fourth-order valence-electron chi connectivity index (χ4n) is 4.26. The zero-order valence-corrected chi connectivity index (χ0v) is 20.4. The van der Waals surface area contributed by atoms with Gasteiger partial charge in [0, 0.05) is 30.9 Å². The second-order valence-corrected chi connectivity index (χ2v) is 8.77. The van der Waals surface area contributed by atoms with E-state index in [1.54, 1.807) is 29.2 Å². The highest BCUT2D eigenvalue weighted by Crippen LogP contribution is 2.27. The zero-order valence-electron chi connectivity index (χ0n) is 20.4. The summed E-state index contributed by atoms with van der Waals surface area (Å²) in [5, 5.41) is 5.83. The maximum absolute atomic E-state index is 12.6. The standard InChI is InChI=1S/C29H31N3O4/c1-2-22-10-6-7-11-26(22)31-27(33)20-36-25-14-12-24(13-15-25)32-19-23(18-28(32)34)29(35)30-17-16-21-8-4-3-5-9-21/h3-15,23H,2,16-20H2,1H3,(H,30,35)(H,31,33). The van der Waals surface area contributed by atoms with Crippen LogP contribution in [-0.4, -0.2) is 37.4 Å². The molecule has 1 saturated heterocycles. The average Bonchev–Trinajstić information content (AvgIpc) is 3.30. The number of ether oxygens (including phenoxy) is 1. The molecule has 3 aromatic carbocycles. The Bertz CT molecular complexity index is 1190. The van der Waals surface area contributed by atoms with E-state index in [4.69, 9.17) is 4.74 Å². The van der Waals surface area contributed by atoms with Gasteiger partial charge in [0.25, 0.3) is 5.91 Å². The monoisotopic (exact) mass is 485 g/mol. The Labute approximate surface area is 211 Å². The van der Waals surface area contributed by atoms with E-state index < -0.39 is 0 Å². The van der Waals surface area contributed by atoms with Gasteiger partial charge in [0.1, 0.15) is 5.75 Å². The summed E-state index contributed by atoms with van der Waals surface area (Å²) < 4.78 is 5.62. The van der Waals surface area contributed by atoms with Crippen LogP contribution in [-0.2, 0) is 27.2 Å². The number of hydrogen-bond acceptors (Lipinski definition) is 4. The zero-order chi connectivity index (χ0) is 25.3. The van der Waals surface area contributed by atoms with Crippen molar-refractivity contribution >= 4 is 29.1 Å². The number of anilines is 2. The van der Waals surface area contributed by atoms with Gasteiger partial charge in [-0.2, -0.15) is 0 Å². The topological polar surface area (TPSA) is 87.7 Å². The molecule has 1 unspecified atom stereocenters. The Hall–Kier alpha value is -4.13. The molecule has 1 fully saturated rings. The van der Waals surface area contributed by atoms with Crippen LogP contribution in [0.2, 0.25) is 0 Å². The van der Waals surface area contributed by atoms with Gasteiger partial charge in [0.15, 0.2) is 6.61 Å². The summed E-state index contributed by atoms with van der Waals surface area (Å²) in [7, 11) is 0. The predicted molar refractivity (Wildman–Crippen MR) is 140 cm³/mol. The number of aryl methyl sites for hydroxylation is 1. The van der Waals surface area contributed by atoms with Gasteiger partial charge < -0.3 is 20.3 Å². The molecule has 2 N–H and O–H groups in total. The molecule has 7 nitrogen and oxygen atoms in total. The van der Waals surface area contributed by atoms with Crippen molar-refractivity contribution in [2.24, 2.45) is 5.92 Å². The Morgan fingerprint density at radius 3 is 2.44 bits per heavy atom. The first-order chi connectivity index (χ1) is 17.5. The summed E-state index contributed by atoms with van der Waals surface area (Å²) in [6.45, 7) is 2.80. The highest BCUT2D eigenvalue weighted by molar-refractivity contribution is 6.00. The molecule has 1 aliphatic rings. The van der Waals surface area contributed by atoms with E-state index in [2.05, 4.69) is 10.6 Å². The third-order valence-electron chi connectivity index (χ3n) is 6.24. The molecule has 1 aliphatic heterocycles. The maximum atomic E-state index is 12.6. The second kappa shape index (κ2) is 12.0. The van der Waals surface area contributed by atoms with Crippen LogP contribution in [0.3, 0.4) is 0 Å². The van der Waals surface area contributed by atoms with Crippen molar-refractivity contribution in [2.45, 2.75) is 26.2 Å². The van der Waals surface area contributed by atoms with E-state index in [0.29, 0.717) is 24.5 Å². The molecule has 0 aliphatic carbocycles. The molecule has 0 radical (unpaired) electrons. The van der Waals surface area contributed by atoms with E-state index in [1.807, 2.05) is 61.5 Å². The van der Waals surface area contributed by atoms with Crippen LogP contribution in [0.25, 0.3) is 0 Å². The normalized spacial score (nSPS) is 15.0. The summed E-state index contributed by atoms with van der Waals surface area (Å²) in [6, 6.07) is 24.6. The third kappa shape index (κ3) is 6.50. The number of rotatable bonds is 10. The Morgan fingerprint density at radius 1 is 0.972 bits per heavy atom. The lowest BCUT2D eigenvalue weighted by molar-refractivity contribution is -0.126. The van der Waals surface area contributed by atoms with Gasteiger partial charge in [-0.3, -0.25) is 14.4 Å². The molecule has 3 amide bonds. The fourth-order valence-corrected chi connectivity index (χ4v) is 4.26. The van der Waals surface area contributed by atoms with Gasteiger partial charge in [0.05, 0.1) is 5.92 Å². The smallest absolute Gasteiger partial charge is 0.262 e. The first-order valence-electron chi connectivity index (χ1n) is 12.3. The van der Waals surface area contributed by atoms with Crippen molar-refractivity contribution < 1.29 is 19.1 Å². The number of nitrogens with one attached hydrogen (secondary N) is 2. The van der Waals surface area contributed by atoms with Crippen molar-refractivity contribution in [2.75, 3.05) is 29.9 Å². The van der Waals surface area contributed by atoms with Crippen LogP contribution in [0.4, 0.5) is 11.4 Å². The first-order valence-corrected chi connectivity index (χ1v) is 12.3. The molecule has 1 atom stereocenters. The van der Waals surface area contributed by atoms with Gasteiger partial charge in [-0.25, -0.2) is 0 Å². The maximum Gasteiger partial charge on any atom is 0.262 e. The first kappa shape index (κ1) is 25.0. The summed E-state index contributed by atoms with van der Waals surface area (Å²) in [5.74, 6) is -0.271. The van der Waals surface area contributed by atoms with E-state index in [9.17, 15) is 14.4 Å². The highest BCUT2D eigenvalue weighted by atomic mass is 16.5. The lowest BCUT2D eigenvalue weighted by atomic mass is 10.1. The number of amides is 3. The molecule has 36 heavy (non-hydrogen) atoms. The number of benzene rings is 3. The van der Waals surface area contributed by atoms with Crippen LogP contribution >= 0.6 is 0 Å². The van der Waals surface area contributed by atoms with Crippen molar-refractivity contribution in [3.05, 3.63) is 90.0 Å². The summed E-state index contributed by atoms with van der Waals surface area (Å²) >= 11 is 0. The number of carbonyl (C=O) groups excluding carboxylic acids is 3. The molecule has 0 bridgehead atoms. The number of nitrogens with zero attached hydrogens (tertiary/aromatic N) is 1. The highest BCUT2D eigenvalue weighted by Gasteiger charge is 2.34. The lowest BCUT2D eigenvalue weighted by Gasteiger charge is -2.17. The summed E-state index contributed by atoms with van der Waals surface area (Å²) in [6.07, 6.45) is 1.76. The molecule has 3 aromatic rings. The number of carbonyl (C=O) groups is 3. The Balaban J connectivity index is 1.25. The summed E-state index contributed by atoms with van der Waals surface area (Å²) in [4.78, 5) is 39.1. The molecule has 0 spiro atoms. The summed E-state index contributed by atoms with van der Waals surface area (Å²) in [5.41, 5.74) is 3.71. The van der Waals surface area contributed by atoms with Crippen molar-refractivity contribution in [3.8, 4) is 5.75 Å².